The minimum atomic E-state index is -0.296. The van der Waals surface area contributed by atoms with Crippen LogP contribution in [0.2, 0.25) is 0 Å². The average Bonchev–Trinajstić information content (AvgIpc) is 2.40. The number of hydrogen-bond acceptors (Lipinski definition) is 2. The van der Waals surface area contributed by atoms with E-state index in [0.29, 0.717) is 11.3 Å². The van der Waals surface area contributed by atoms with Gasteiger partial charge in [-0.25, -0.2) is 0 Å². The van der Waals surface area contributed by atoms with Crippen LogP contribution in [-0.4, -0.2) is 12.1 Å². The van der Waals surface area contributed by atoms with Crippen LogP contribution in [0.4, 0.5) is 5.69 Å². The third-order valence-corrected chi connectivity index (χ3v) is 3.03. The van der Waals surface area contributed by atoms with Crippen LogP contribution < -0.4 is 9.64 Å². The van der Waals surface area contributed by atoms with Gasteiger partial charge in [0.25, 0.3) is 5.91 Å². The molecule has 1 aliphatic rings. The molecule has 1 aliphatic heterocycles. The SMILES string of the molecule is CC1Oc2ccccc2C(=O)N1c1ccccc1. The van der Waals surface area contributed by atoms with Crippen LogP contribution in [-0.2, 0) is 0 Å². The van der Waals surface area contributed by atoms with E-state index < -0.39 is 0 Å². The van der Waals surface area contributed by atoms with Crippen molar-refractivity contribution >= 4 is 11.6 Å². The monoisotopic (exact) mass is 239 g/mol. The summed E-state index contributed by atoms with van der Waals surface area (Å²) in [6.45, 7) is 1.88. The molecule has 90 valence electrons. The summed E-state index contributed by atoms with van der Waals surface area (Å²) < 4.78 is 5.77. The number of carbonyl (C=O) groups is 1. The molecule has 1 heterocycles. The zero-order chi connectivity index (χ0) is 12.5. The number of carbonyl (C=O) groups excluding carboxylic acids is 1. The molecule has 1 unspecified atom stereocenters. The minimum Gasteiger partial charge on any atom is -0.470 e. The summed E-state index contributed by atoms with van der Waals surface area (Å²) in [6.07, 6.45) is -0.296. The minimum absolute atomic E-state index is 0.0180. The number of nitrogens with zero attached hydrogens (tertiary/aromatic N) is 1. The van der Waals surface area contributed by atoms with Crippen molar-refractivity contribution in [3.05, 3.63) is 60.2 Å². The highest BCUT2D eigenvalue weighted by Crippen LogP contribution is 2.30. The number of amides is 1. The second-order valence-electron chi connectivity index (χ2n) is 4.22. The predicted octanol–water partition coefficient (Wildman–Crippen LogP) is 3.07. The Bertz CT molecular complexity index is 580. The number of hydrogen-bond donors (Lipinski definition) is 0. The van der Waals surface area contributed by atoms with Crippen molar-refractivity contribution in [3.63, 3.8) is 0 Å². The van der Waals surface area contributed by atoms with E-state index in [2.05, 4.69) is 0 Å². The fourth-order valence-corrected chi connectivity index (χ4v) is 2.19. The predicted molar refractivity (Wildman–Crippen MR) is 69.8 cm³/mol. The van der Waals surface area contributed by atoms with Gasteiger partial charge in [0.2, 0.25) is 0 Å². The highest BCUT2D eigenvalue weighted by Gasteiger charge is 2.31. The topological polar surface area (TPSA) is 29.5 Å². The maximum atomic E-state index is 12.5. The van der Waals surface area contributed by atoms with Gasteiger partial charge < -0.3 is 4.74 Å². The van der Waals surface area contributed by atoms with Crippen LogP contribution in [0.25, 0.3) is 0 Å². The normalized spacial score (nSPS) is 18.2. The van der Waals surface area contributed by atoms with E-state index >= 15 is 0 Å². The van der Waals surface area contributed by atoms with Crippen LogP contribution in [0, 0.1) is 0 Å². The second-order valence-corrected chi connectivity index (χ2v) is 4.22. The Kier molecular flexibility index (Phi) is 2.52. The third-order valence-electron chi connectivity index (χ3n) is 3.03. The first-order chi connectivity index (χ1) is 8.77. The van der Waals surface area contributed by atoms with E-state index in [-0.39, 0.29) is 12.1 Å². The summed E-state index contributed by atoms with van der Waals surface area (Å²) in [5, 5.41) is 0. The average molecular weight is 239 g/mol. The molecule has 0 bridgehead atoms. The molecule has 1 amide bonds. The van der Waals surface area contributed by atoms with E-state index in [0.717, 1.165) is 5.69 Å². The lowest BCUT2D eigenvalue weighted by atomic mass is 10.1. The molecule has 0 aliphatic carbocycles. The van der Waals surface area contributed by atoms with E-state index in [1.54, 1.807) is 11.0 Å². The molecule has 0 aromatic heterocycles. The number of para-hydroxylation sites is 2. The zero-order valence-corrected chi connectivity index (χ0v) is 10.0. The van der Waals surface area contributed by atoms with Gasteiger partial charge in [0.1, 0.15) is 5.75 Å². The van der Waals surface area contributed by atoms with Gasteiger partial charge in [-0.1, -0.05) is 30.3 Å². The Labute approximate surface area is 106 Å². The van der Waals surface area contributed by atoms with E-state index in [4.69, 9.17) is 4.74 Å². The lowest BCUT2D eigenvalue weighted by Gasteiger charge is -2.34. The molecule has 0 saturated carbocycles. The first-order valence-electron chi connectivity index (χ1n) is 5.91. The molecule has 2 aromatic carbocycles. The maximum Gasteiger partial charge on any atom is 0.264 e. The molecule has 18 heavy (non-hydrogen) atoms. The molecule has 2 aromatic rings. The highest BCUT2D eigenvalue weighted by molar-refractivity contribution is 6.09. The van der Waals surface area contributed by atoms with E-state index in [1.165, 1.54) is 0 Å². The Hall–Kier alpha value is -2.29. The molecule has 3 nitrogen and oxygen atoms in total. The molecular formula is C15H13NO2. The molecule has 0 spiro atoms. The van der Waals surface area contributed by atoms with Gasteiger partial charge in [-0.2, -0.15) is 0 Å². The largest absolute Gasteiger partial charge is 0.470 e. The molecule has 0 N–H and O–H groups in total. The fraction of sp³-hybridized carbons (Fsp3) is 0.133. The van der Waals surface area contributed by atoms with Gasteiger partial charge in [0.15, 0.2) is 6.23 Å². The van der Waals surface area contributed by atoms with E-state index in [9.17, 15) is 4.79 Å². The van der Waals surface area contributed by atoms with Crippen LogP contribution in [0.5, 0.6) is 5.75 Å². The van der Waals surface area contributed by atoms with Gasteiger partial charge >= 0.3 is 0 Å². The molecule has 0 saturated heterocycles. The smallest absolute Gasteiger partial charge is 0.264 e. The Balaban J connectivity index is 2.06. The van der Waals surface area contributed by atoms with Crippen molar-refractivity contribution in [2.45, 2.75) is 13.2 Å². The number of ether oxygens (including phenoxy) is 1. The summed E-state index contributed by atoms with van der Waals surface area (Å²) in [7, 11) is 0. The van der Waals surface area contributed by atoms with Gasteiger partial charge in [0, 0.05) is 5.69 Å². The molecule has 0 radical (unpaired) electrons. The first kappa shape index (κ1) is 10.8. The van der Waals surface area contributed by atoms with Crippen molar-refractivity contribution in [2.24, 2.45) is 0 Å². The Morgan fingerprint density at radius 2 is 1.67 bits per heavy atom. The number of anilines is 1. The summed E-state index contributed by atoms with van der Waals surface area (Å²) in [5.74, 6) is 0.637. The van der Waals surface area contributed by atoms with Crippen molar-refractivity contribution in [2.75, 3.05) is 4.90 Å². The Morgan fingerprint density at radius 1 is 1.00 bits per heavy atom. The van der Waals surface area contributed by atoms with Crippen LogP contribution in [0.1, 0.15) is 17.3 Å². The van der Waals surface area contributed by atoms with Crippen LogP contribution in [0.3, 0.4) is 0 Å². The van der Waals surface area contributed by atoms with Crippen LogP contribution >= 0.6 is 0 Å². The molecular weight excluding hydrogens is 226 g/mol. The first-order valence-corrected chi connectivity index (χ1v) is 5.91. The van der Waals surface area contributed by atoms with Crippen molar-refractivity contribution < 1.29 is 9.53 Å². The van der Waals surface area contributed by atoms with Gasteiger partial charge in [-0.05, 0) is 31.2 Å². The molecule has 3 heteroatoms. The number of fused-ring (bicyclic) bond motifs is 1. The summed E-state index contributed by atoms with van der Waals surface area (Å²) >= 11 is 0. The third kappa shape index (κ3) is 1.64. The lowest BCUT2D eigenvalue weighted by molar-refractivity contribution is 0.0877. The molecule has 0 fully saturated rings. The van der Waals surface area contributed by atoms with E-state index in [1.807, 2.05) is 55.5 Å². The standard InChI is InChI=1S/C15H13NO2/c1-11-16(12-7-3-2-4-8-12)15(17)13-9-5-6-10-14(13)18-11/h2-11H,1H3. The molecule has 1 atom stereocenters. The Morgan fingerprint density at radius 3 is 2.44 bits per heavy atom. The van der Waals surface area contributed by atoms with Gasteiger partial charge in [-0.3, -0.25) is 9.69 Å². The summed E-state index contributed by atoms with van der Waals surface area (Å²) in [6, 6.07) is 16.9. The number of benzene rings is 2. The van der Waals surface area contributed by atoms with Crippen molar-refractivity contribution in [1.29, 1.82) is 0 Å². The zero-order valence-electron chi connectivity index (χ0n) is 10.0. The lowest BCUT2D eigenvalue weighted by Crippen LogP contribution is -2.45. The summed E-state index contributed by atoms with van der Waals surface area (Å²) in [4.78, 5) is 14.1. The van der Waals surface area contributed by atoms with Crippen LogP contribution in [0.15, 0.2) is 54.6 Å². The fourth-order valence-electron chi connectivity index (χ4n) is 2.19. The molecule has 3 rings (SSSR count). The van der Waals surface area contributed by atoms with Crippen molar-refractivity contribution in [3.8, 4) is 5.75 Å². The van der Waals surface area contributed by atoms with Gasteiger partial charge in [0.05, 0.1) is 5.56 Å². The quantitative estimate of drug-likeness (QED) is 0.765. The number of rotatable bonds is 1. The van der Waals surface area contributed by atoms with Crippen molar-refractivity contribution in [1.82, 2.24) is 0 Å². The van der Waals surface area contributed by atoms with Gasteiger partial charge in [-0.15, -0.1) is 0 Å². The maximum absolute atomic E-state index is 12.5. The second kappa shape index (κ2) is 4.18. The highest BCUT2D eigenvalue weighted by atomic mass is 16.5. The summed E-state index contributed by atoms with van der Waals surface area (Å²) in [5.41, 5.74) is 1.46.